The third-order valence-electron chi connectivity index (χ3n) is 5.39. The molecule has 0 aliphatic carbocycles. The Kier molecular flexibility index (Phi) is 7.43. The maximum absolute atomic E-state index is 12.6. The zero-order valence-electron chi connectivity index (χ0n) is 18.8. The van der Waals surface area contributed by atoms with E-state index in [2.05, 4.69) is 54.9 Å². The summed E-state index contributed by atoms with van der Waals surface area (Å²) in [4.78, 5) is 32.2. The molecule has 1 fully saturated rings. The van der Waals surface area contributed by atoms with Crippen LogP contribution in [0.2, 0.25) is 0 Å². The Labute approximate surface area is 189 Å². The first-order chi connectivity index (χ1) is 15.3. The number of benzene rings is 1. The van der Waals surface area contributed by atoms with Crippen molar-refractivity contribution in [3.63, 3.8) is 0 Å². The molecule has 3 rings (SSSR count). The van der Waals surface area contributed by atoms with Crippen LogP contribution in [0.5, 0.6) is 0 Å². The second-order valence-corrected chi connectivity index (χ2v) is 8.74. The molecule has 0 bridgehead atoms. The summed E-state index contributed by atoms with van der Waals surface area (Å²) in [5, 5.41) is 8.53. The number of hydrogen-bond acceptors (Lipinski definition) is 5. The van der Waals surface area contributed by atoms with Gasteiger partial charge in [-0.15, -0.1) is 0 Å². The smallest absolute Gasteiger partial charge is 0.267 e. The summed E-state index contributed by atoms with van der Waals surface area (Å²) in [6.45, 7) is 9.53. The van der Waals surface area contributed by atoms with Crippen molar-refractivity contribution < 1.29 is 14.8 Å². The molecule has 0 spiro atoms. The minimum atomic E-state index is -0.632. The molecule has 0 saturated carbocycles. The quantitative estimate of drug-likeness (QED) is 0.429. The summed E-state index contributed by atoms with van der Waals surface area (Å²) in [6, 6.07) is 14.0. The number of nitrogens with one attached hydrogen (secondary N) is 1. The molecule has 0 atom stereocenters. The second-order valence-electron chi connectivity index (χ2n) is 8.74. The predicted molar refractivity (Wildman–Crippen MR) is 126 cm³/mol. The van der Waals surface area contributed by atoms with Gasteiger partial charge in [0.2, 0.25) is 5.91 Å². The van der Waals surface area contributed by atoms with E-state index in [-0.39, 0.29) is 11.3 Å². The maximum atomic E-state index is 12.6. The summed E-state index contributed by atoms with van der Waals surface area (Å²) in [5.41, 5.74) is 5.32. The van der Waals surface area contributed by atoms with Gasteiger partial charge in [0.1, 0.15) is 0 Å². The molecule has 7 nitrogen and oxygen atoms in total. The van der Waals surface area contributed by atoms with Gasteiger partial charge < -0.3 is 9.80 Å². The van der Waals surface area contributed by atoms with Gasteiger partial charge in [-0.25, -0.2) is 10.5 Å². The molecule has 0 radical (unpaired) electrons. The molecule has 32 heavy (non-hydrogen) atoms. The minimum absolute atomic E-state index is 0.0462. The Morgan fingerprint density at radius 2 is 1.53 bits per heavy atom. The SMILES string of the molecule is CC(C)(C)c1ccc(N2CCN(C(=O)C=Cc3cccc(C=CC(=O)NO)n3)CC2)cc1. The molecular weight excluding hydrogens is 404 g/mol. The first kappa shape index (κ1) is 23.2. The van der Waals surface area contributed by atoms with Crippen LogP contribution in [0.4, 0.5) is 5.69 Å². The van der Waals surface area contributed by atoms with Crippen LogP contribution in [0.25, 0.3) is 12.2 Å². The fourth-order valence-electron chi connectivity index (χ4n) is 3.47. The lowest BCUT2D eigenvalue weighted by Crippen LogP contribution is -2.48. The van der Waals surface area contributed by atoms with Gasteiger partial charge in [-0.1, -0.05) is 39.0 Å². The second kappa shape index (κ2) is 10.2. The average Bonchev–Trinajstić information content (AvgIpc) is 2.81. The molecule has 1 aliphatic rings. The number of carbonyl (C=O) groups is 2. The highest BCUT2D eigenvalue weighted by molar-refractivity contribution is 5.92. The standard InChI is InChI=1S/C25H30N4O3/c1-25(2,3)19-7-11-22(12-8-19)28-15-17-29(18-16-28)24(31)14-10-21-6-4-5-20(26-21)9-13-23(30)27-32/h4-14,32H,15-18H2,1-3H3,(H,27,30). The van der Waals surface area contributed by atoms with E-state index < -0.39 is 5.91 Å². The van der Waals surface area contributed by atoms with Crippen LogP contribution in [-0.4, -0.2) is 53.1 Å². The molecule has 2 amide bonds. The van der Waals surface area contributed by atoms with Crippen molar-refractivity contribution >= 4 is 29.7 Å². The van der Waals surface area contributed by atoms with E-state index in [1.165, 1.54) is 35.0 Å². The Balaban J connectivity index is 1.55. The normalized spacial score (nSPS) is 14.9. The number of nitrogens with zero attached hydrogens (tertiary/aromatic N) is 3. The topological polar surface area (TPSA) is 85.8 Å². The lowest BCUT2D eigenvalue weighted by molar-refractivity contribution is -0.126. The van der Waals surface area contributed by atoms with Gasteiger partial charge >= 0.3 is 0 Å². The number of hydrogen-bond donors (Lipinski definition) is 2. The van der Waals surface area contributed by atoms with Crippen molar-refractivity contribution in [2.75, 3.05) is 31.1 Å². The maximum Gasteiger partial charge on any atom is 0.267 e. The molecule has 1 aliphatic heterocycles. The highest BCUT2D eigenvalue weighted by atomic mass is 16.5. The van der Waals surface area contributed by atoms with E-state index in [1.807, 2.05) is 4.90 Å². The number of rotatable bonds is 5. The van der Waals surface area contributed by atoms with Crippen molar-refractivity contribution in [3.8, 4) is 0 Å². The van der Waals surface area contributed by atoms with Crippen molar-refractivity contribution in [2.24, 2.45) is 0 Å². The number of carbonyl (C=O) groups excluding carboxylic acids is 2. The van der Waals surface area contributed by atoms with Gasteiger partial charge in [0, 0.05) is 44.0 Å². The Morgan fingerprint density at radius 3 is 2.09 bits per heavy atom. The molecule has 1 aromatic carbocycles. The Morgan fingerprint density at radius 1 is 0.938 bits per heavy atom. The molecule has 0 unspecified atom stereocenters. The van der Waals surface area contributed by atoms with Crippen LogP contribution >= 0.6 is 0 Å². The highest BCUT2D eigenvalue weighted by Gasteiger charge is 2.20. The number of aromatic nitrogens is 1. The van der Waals surface area contributed by atoms with Crippen molar-refractivity contribution in [1.29, 1.82) is 0 Å². The van der Waals surface area contributed by atoms with Gasteiger partial charge in [-0.2, -0.15) is 0 Å². The number of pyridine rings is 1. The minimum Gasteiger partial charge on any atom is -0.368 e. The number of anilines is 1. The summed E-state index contributed by atoms with van der Waals surface area (Å²) < 4.78 is 0. The summed E-state index contributed by atoms with van der Waals surface area (Å²) >= 11 is 0. The molecule has 2 aromatic rings. The Bertz CT molecular complexity index is 999. The molecule has 2 heterocycles. The van der Waals surface area contributed by atoms with E-state index in [0.29, 0.717) is 24.5 Å². The van der Waals surface area contributed by atoms with Crippen molar-refractivity contribution in [1.82, 2.24) is 15.4 Å². The zero-order chi connectivity index (χ0) is 23.1. The highest BCUT2D eigenvalue weighted by Crippen LogP contribution is 2.25. The zero-order valence-corrected chi connectivity index (χ0v) is 18.8. The van der Waals surface area contributed by atoms with Crippen LogP contribution in [0.1, 0.15) is 37.7 Å². The van der Waals surface area contributed by atoms with Crippen LogP contribution in [-0.2, 0) is 15.0 Å². The van der Waals surface area contributed by atoms with Gasteiger partial charge in [0.25, 0.3) is 5.91 Å². The summed E-state index contributed by atoms with van der Waals surface area (Å²) in [5.74, 6) is -0.678. The molecule has 1 saturated heterocycles. The molecular formula is C25H30N4O3. The van der Waals surface area contributed by atoms with Gasteiger partial charge in [-0.05, 0) is 47.4 Å². The van der Waals surface area contributed by atoms with Gasteiger partial charge in [0.05, 0.1) is 11.4 Å². The number of piperazine rings is 1. The van der Waals surface area contributed by atoms with E-state index in [4.69, 9.17) is 5.21 Å². The molecule has 1 aromatic heterocycles. The molecule has 7 heteroatoms. The van der Waals surface area contributed by atoms with Crippen molar-refractivity contribution in [3.05, 3.63) is 71.6 Å². The third-order valence-corrected chi connectivity index (χ3v) is 5.39. The monoisotopic (exact) mass is 434 g/mol. The Hall–Kier alpha value is -3.45. The fourth-order valence-corrected chi connectivity index (χ4v) is 3.47. The van der Waals surface area contributed by atoms with E-state index >= 15 is 0 Å². The van der Waals surface area contributed by atoms with Gasteiger partial charge in [-0.3, -0.25) is 14.8 Å². The first-order valence-corrected chi connectivity index (χ1v) is 10.7. The molecule has 168 valence electrons. The number of amides is 2. The van der Waals surface area contributed by atoms with Gasteiger partial charge in [0.15, 0.2) is 0 Å². The van der Waals surface area contributed by atoms with Crippen molar-refractivity contribution in [2.45, 2.75) is 26.2 Å². The number of hydroxylamine groups is 1. The lowest BCUT2D eigenvalue weighted by atomic mass is 9.87. The van der Waals surface area contributed by atoms with Crippen LogP contribution in [0.15, 0.2) is 54.6 Å². The van der Waals surface area contributed by atoms with E-state index in [0.717, 1.165) is 13.1 Å². The predicted octanol–water partition coefficient (Wildman–Crippen LogP) is 3.26. The third kappa shape index (κ3) is 6.28. The fraction of sp³-hybridized carbons (Fsp3) is 0.320. The van der Waals surface area contributed by atoms with E-state index in [1.54, 1.807) is 24.3 Å². The van der Waals surface area contributed by atoms with E-state index in [9.17, 15) is 9.59 Å². The average molecular weight is 435 g/mol. The summed E-state index contributed by atoms with van der Waals surface area (Å²) in [6.07, 6.45) is 5.86. The van der Waals surface area contributed by atoms with Crippen LogP contribution < -0.4 is 10.4 Å². The largest absolute Gasteiger partial charge is 0.368 e. The molecule has 2 N–H and O–H groups in total. The first-order valence-electron chi connectivity index (χ1n) is 10.7. The summed E-state index contributed by atoms with van der Waals surface area (Å²) in [7, 11) is 0. The van der Waals surface area contributed by atoms with Crippen LogP contribution in [0.3, 0.4) is 0 Å². The lowest BCUT2D eigenvalue weighted by Gasteiger charge is -2.36. The van der Waals surface area contributed by atoms with Crippen LogP contribution in [0, 0.1) is 0 Å².